The first-order chi connectivity index (χ1) is 14.4. The van der Waals surface area contributed by atoms with E-state index in [1.54, 1.807) is 35.6 Å². The molecule has 30 heavy (non-hydrogen) atoms. The smallest absolute Gasteiger partial charge is 0.308 e. The van der Waals surface area contributed by atoms with E-state index in [1.807, 2.05) is 30.3 Å². The van der Waals surface area contributed by atoms with Gasteiger partial charge in [-0.3, -0.25) is 14.2 Å². The molecule has 4 aromatic rings. The van der Waals surface area contributed by atoms with Crippen molar-refractivity contribution in [3.05, 3.63) is 104 Å². The molecule has 3 aromatic carbocycles. The van der Waals surface area contributed by atoms with Crippen LogP contribution in [0, 0.1) is 12.7 Å². The number of hydrogen-bond acceptors (Lipinski definition) is 3. The van der Waals surface area contributed by atoms with Crippen LogP contribution in [0.1, 0.15) is 26.5 Å². The average Bonchev–Trinajstić information content (AvgIpc) is 3.03. The van der Waals surface area contributed by atoms with E-state index in [0.717, 1.165) is 33.2 Å². The Hall–Kier alpha value is -3.25. The van der Waals surface area contributed by atoms with Crippen molar-refractivity contribution in [1.82, 2.24) is 9.47 Å². The maximum absolute atomic E-state index is 13.1. The first kappa shape index (κ1) is 20.0. The molecule has 0 saturated heterocycles. The van der Waals surface area contributed by atoms with Crippen LogP contribution in [-0.4, -0.2) is 22.4 Å². The Morgan fingerprint density at radius 2 is 1.67 bits per heavy atom. The number of thiazole rings is 1. The fraction of sp³-hybridized carbons (Fsp3) is 0.167. The predicted octanol–water partition coefficient (Wildman–Crippen LogP) is 4.83. The van der Waals surface area contributed by atoms with Gasteiger partial charge in [-0.1, -0.05) is 59.9 Å². The molecule has 0 fully saturated rings. The molecule has 4 rings (SSSR count). The highest BCUT2D eigenvalue weighted by molar-refractivity contribution is 7.11. The molecule has 4 nitrogen and oxygen atoms in total. The van der Waals surface area contributed by atoms with Crippen LogP contribution < -0.4 is 4.87 Å². The van der Waals surface area contributed by atoms with Crippen molar-refractivity contribution in [1.29, 1.82) is 0 Å². The van der Waals surface area contributed by atoms with E-state index in [-0.39, 0.29) is 16.6 Å². The highest BCUT2D eigenvalue weighted by Crippen LogP contribution is 2.20. The van der Waals surface area contributed by atoms with E-state index in [9.17, 15) is 14.0 Å². The first-order valence-electron chi connectivity index (χ1n) is 9.60. The zero-order valence-electron chi connectivity index (χ0n) is 16.8. The van der Waals surface area contributed by atoms with E-state index in [2.05, 4.69) is 12.1 Å². The van der Waals surface area contributed by atoms with Crippen molar-refractivity contribution in [2.75, 3.05) is 7.05 Å². The Morgan fingerprint density at radius 3 is 2.40 bits per heavy atom. The van der Waals surface area contributed by atoms with Gasteiger partial charge < -0.3 is 4.90 Å². The molecule has 0 bridgehead atoms. The van der Waals surface area contributed by atoms with Crippen LogP contribution in [0.5, 0.6) is 0 Å². The lowest BCUT2D eigenvalue weighted by Gasteiger charge is -2.17. The number of rotatable bonds is 5. The van der Waals surface area contributed by atoms with Crippen molar-refractivity contribution in [3.8, 4) is 0 Å². The zero-order chi connectivity index (χ0) is 21.3. The largest absolute Gasteiger partial charge is 0.337 e. The number of fused-ring (bicyclic) bond motifs is 1. The Balaban J connectivity index is 1.56. The number of halogens is 1. The molecule has 1 heterocycles. The average molecular weight is 421 g/mol. The van der Waals surface area contributed by atoms with Gasteiger partial charge in [-0.2, -0.15) is 0 Å². The molecule has 0 aliphatic rings. The fourth-order valence-corrected chi connectivity index (χ4v) is 4.47. The van der Waals surface area contributed by atoms with Crippen LogP contribution in [0.25, 0.3) is 10.8 Å². The van der Waals surface area contributed by atoms with Gasteiger partial charge in [0.05, 0.1) is 6.54 Å². The number of nitrogens with zero attached hydrogens (tertiary/aromatic N) is 2. The summed E-state index contributed by atoms with van der Waals surface area (Å²) in [5.41, 5.74) is 2.50. The lowest BCUT2D eigenvalue weighted by atomic mass is 10.1. The lowest BCUT2D eigenvalue weighted by molar-refractivity contribution is 0.0788. The highest BCUT2D eigenvalue weighted by atomic mass is 32.1. The van der Waals surface area contributed by atoms with E-state index in [4.69, 9.17) is 0 Å². The van der Waals surface area contributed by atoms with Crippen LogP contribution >= 0.6 is 11.3 Å². The Bertz CT molecular complexity index is 1270. The maximum Gasteiger partial charge on any atom is 0.308 e. The molecule has 0 aliphatic carbocycles. The summed E-state index contributed by atoms with van der Waals surface area (Å²) < 4.78 is 14.7. The van der Waals surface area contributed by atoms with Crippen molar-refractivity contribution in [2.24, 2.45) is 0 Å². The van der Waals surface area contributed by atoms with Gasteiger partial charge in [-0.25, -0.2) is 4.39 Å². The molecule has 0 atom stereocenters. The molecule has 0 aliphatic heterocycles. The number of benzene rings is 3. The minimum absolute atomic E-state index is 0.154. The van der Waals surface area contributed by atoms with Crippen molar-refractivity contribution in [2.45, 2.75) is 20.0 Å². The van der Waals surface area contributed by atoms with Gasteiger partial charge in [0.25, 0.3) is 5.91 Å². The fourth-order valence-electron chi connectivity index (χ4n) is 3.49. The first-order valence-corrected chi connectivity index (χ1v) is 10.4. The molecule has 0 N–H and O–H groups in total. The van der Waals surface area contributed by atoms with E-state index in [0.29, 0.717) is 23.7 Å². The summed E-state index contributed by atoms with van der Waals surface area (Å²) in [5.74, 6) is -0.524. The Morgan fingerprint density at radius 1 is 1.00 bits per heavy atom. The molecule has 0 spiro atoms. The molecule has 0 radical (unpaired) electrons. The maximum atomic E-state index is 13.1. The Labute approximate surface area is 177 Å². The summed E-state index contributed by atoms with van der Waals surface area (Å²) in [4.78, 5) is 27.4. The third kappa shape index (κ3) is 4.04. The van der Waals surface area contributed by atoms with E-state index in [1.165, 1.54) is 12.1 Å². The minimum Gasteiger partial charge on any atom is -0.337 e. The van der Waals surface area contributed by atoms with Gasteiger partial charge in [0.2, 0.25) is 0 Å². The van der Waals surface area contributed by atoms with Gasteiger partial charge in [-0.15, -0.1) is 0 Å². The summed E-state index contributed by atoms with van der Waals surface area (Å²) >= 11 is 0.969. The number of aromatic nitrogens is 1. The summed E-state index contributed by atoms with van der Waals surface area (Å²) in [6.07, 6.45) is 0. The van der Waals surface area contributed by atoms with Gasteiger partial charge in [0, 0.05) is 19.3 Å². The number of amides is 1. The standard InChI is InChI=1S/C24H21FN2O2S/c1-16-22(23(28)26(2)14-17-8-11-21(25)12-9-17)30-24(29)27(16)15-18-7-10-19-5-3-4-6-20(19)13-18/h3-13H,14-15H2,1-2H3. The van der Waals surface area contributed by atoms with Gasteiger partial charge in [0.15, 0.2) is 0 Å². The molecule has 0 unspecified atom stereocenters. The quantitative estimate of drug-likeness (QED) is 0.464. The number of carbonyl (C=O) groups excluding carboxylic acids is 1. The van der Waals surface area contributed by atoms with Crippen LogP contribution in [0.15, 0.2) is 71.5 Å². The molecule has 1 aromatic heterocycles. The molecule has 1 amide bonds. The molecular weight excluding hydrogens is 399 g/mol. The normalized spacial score (nSPS) is 11.0. The minimum atomic E-state index is -0.312. The van der Waals surface area contributed by atoms with Crippen LogP contribution in [0.3, 0.4) is 0 Å². The summed E-state index contributed by atoms with van der Waals surface area (Å²) in [6.45, 7) is 2.56. The summed E-state index contributed by atoms with van der Waals surface area (Å²) in [7, 11) is 1.68. The van der Waals surface area contributed by atoms with E-state index >= 15 is 0 Å². The third-order valence-electron chi connectivity index (χ3n) is 5.17. The van der Waals surface area contributed by atoms with Crippen LogP contribution in [-0.2, 0) is 13.1 Å². The summed E-state index contributed by atoms with van der Waals surface area (Å²) in [6, 6.07) is 20.2. The van der Waals surface area contributed by atoms with Gasteiger partial charge in [-0.05, 0) is 47.0 Å². The second-order valence-electron chi connectivity index (χ2n) is 7.34. The highest BCUT2D eigenvalue weighted by Gasteiger charge is 2.21. The van der Waals surface area contributed by atoms with Gasteiger partial charge >= 0.3 is 4.87 Å². The second kappa shape index (κ2) is 8.24. The molecule has 6 heteroatoms. The monoisotopic (exact) mass is 420 g/mol. The lowest BCUT2D eigenvalue weighted by Crippen LogP contribution is -2.26. The number of carbonyl (C=O) groups is 1. The third-order valence-corrected chi connectivity index (χ3v) is 6.24. The zero-order valence-corrected chi connectivity index (χ0v) is 17.6. The Kier molecular flexibility index (Phi) is 5.50. The topological polar surface area (TPSA) is 42.3 Å². The van der Waals surface area contributed by atoms with Crippen molar-refractivity contribution < 1.29 is 9.18 Å². The van der Waals surface area contributed by atoms with Crippen LogP contribution in [0.4, 0.5) is 4.39 Å². The SMILES string of the molecule is Cc1c(C(=O)N(C)Cc2ccc(F)cc2)sc(=O)n1Cc1ccc2ccccc2c1. The van der Waals surface area contributed by atoms with Crippen molar-refractivity contribution in [3.63, 3.8) is 0 Å². The van der Waals surface area contributed by atoms with Gasteiger partial charge in [0.1, 0.15) is 10.7 Å². The van der Waals surface area contributed by atoms with Crippen molar-refractivity contribution >= 4 is 28.0 Å². The van der Waals surface area contributed by atoms with E-state index < -0.39 is 0 Å². The summed E-state index contributed by atoms with van der Waals surface area (Å²) in [5, 5.41) is 2.26. The predicted molar refractivity (Wildman–Crippen MR) is 119 cm³/mol. The number of hydrogen-bond donors (Lipinski definition) is 0. The second-order valence-corrected chi connectivity index (χ2v) is 8.30. The molecule has 0 saturated carbocycles. The molecular formula is C24H21FN2O2S. The van der Waals surface area contributed by atoms with Crippen LogP contribution in [0.2, 0.25) is 0 Å². The molecule has 152 valence electrons.